The SMILES string of the molecule is CCN(C)C(=O)C(C)NC1CC(C)CCC1C. The van der Waals surface area contributed by atoms with Gasteiger partial charge in [-0.05, 0) is 38.5 Å². The van der Waals surface area contributed by atoms with Crippen molar-refractivity contribution in [2.45, 2.75) is 59.0 Å². The zero-order valence-electron chi connectivity index (χ0n) is 12.0. The molecule has 1 saturated carbocycles. The van der Waals surface area contributed by atoms with E-state index in [0.717, 1.165) is 12.5 Å². The van der Waals surface area contributed by atoms with E-state index >= 15 is 0 Å². The minimum atomic E-state index is -0.0577. The second kappa shape index (κ2) is 6.39. The van der Waals surface area contributed by atoms with Gasteiger partial charge in [0, 0.05) is 19.6 Å². The Kier molecular flexibility index (Phi) is 5.44. The van der Waals surface area contributed by atoms with E-state index in [4.69, 9.17) is 0 Å². The first-order chi connectivity index (χ1) is 7.95. The first-order valence-corrected chi connectivity index (χ1v) is 6.96. The van der Waals surface area contributed by atoms with Crippen molar-refractivity contribution in [2.75, 3.05) is 13.6 Å². The largest absolute Gasteiger partial charge is 0.345 e. The molecule has 17 heavy (non-hydrogen) atoms. The zero-order valence-corrected chi connectivity index (χ0v) is 12.0. The minimum Gasteiger partial charge on any atom is -0.345 e. The molecule has 4 unspecified atom stereocenters. The highest BCUT2D eigenvalue weighted by Gasteiger charge is 2.28. The molecule has 3 nitrogen and oxygen atoms in total. The number of carbonyl (C=O) groups excluding carboxylic acids is 1. The van der Waals surface area contributed by atoms with Crippen LogP contribution in [0.25, 0.3) is 0 Å². The first-order valence-electron chi connectivity index (χ1n) is 6.96. The average Bonchev–Trinajstić information content (AvgIpc) is 2.31. The number of hydrogen-bond acceptors (Lipinski definition) is 2. The van der Waals surface area contributed by atoms with Crippen molar-refractivity contribution in [1.29, 1.82) is 0 Å². The van der Waals surface area contributed by atoms with Gasteiger partial charge in [-0.2, -0.15) is 0 Å². The summed E-state index contributed by atoms with van der Waals surface area (Å²) in [5, 5.41) is 3.52. The lowest BCUT2D eigenvalue weighted by atomic mass is 9.80. The van der Waals surface area contributed by atoms with E-state index in [9.17, 15) is 4.79 Å². The molecular weight excluding hydrogens is 212 g/mol. The van der Waals surface area contributed by atoms with Gasteiger partial charge in [0.25, 0.3) is 0 Å². The summed E-state index contributed by atoms with van der Waals surface area (Å²) in [4.78, 5) is 13.8. The van der Waals surface area contributed by atoms with Gasteiger partial charge in [-0.25, -0.2) is 0 Å². The molecule has 1 rings (SSSR count). The van der Waals surface area contributed by atoms with Gasteiger partial charge in [0.15, 0.2) is 0 Å². The van der Waals surface area contributed by atoms with Crippen LogP contribution >= 0.6 is 0 Å². The van der Waals surface area contributed by atoms with Gasteiger partial charge >= 0.3 is 0 Å². The highest BCUT2D eigenvalue weighted by Crippen LogP contribution is 2.28. The summed E-state index contributed by atoms with van der Waals surface area (Å²) in [5.41, 5.74) is 0. The smallest absolute Gasteiger partial charge is 0.239 e. The maximum atomic E-state index is 12.0. The standard InChI is InChI=1S/C14H28N2O/c1-6-16(5)14(17)12(4)15-13-9-10(2)7-8-11(13)3/h10-13,15H,6-9H2,1-5H3. The minimum absolute atomic E-state index is 0.0577. The van der Waals surface area contributed by atoms with Gasteiger partial charge < -0.3 is 10.2 Å². The molecule has 1 aliphatic carbocycles. The van der Waals surface area contributed by atoms with Gasteiger partial charge in [0.2, 0.25) is 5.91 Å². The average molecular weight is 240 g/mol. The van der Waals surface area contributed by atoms with Crippen LogP contribution in [0.5, 0.6) is 0 Å². The van der Waals surface area contributed by atoms with Crippen LogP contribution in [0.2, 0.25) is 0 Å². The third kappa shape index (κ3) is 3.98. The lowest BCUT2D eigenvalue weighted by Gasteiger charge is -2.35. The summed E-state index contributed by atoms with van der Waals surface area (Å²) in [6.45, 7) is 9.38. The van der Waals surface area contributed by atoms with E-state index in [1.807, 2.05) is 20.9 Å². The molecule has 0 spiro atoms. The Morgan fingerprint density at radius 1 is 1.41 bits per heavy atom. The summed E-state index contributed by atoms with van der Waals surface area (Å²) in [7, 11) is 1.87. The van der Waals surface area contributed by atoms with Crippen LogP contribution in [-0.2, 0) is 4.79 Å². The highest BCUT2D eigenvalue weighted by molar-refractivity contribution is 5.81. The van der Waals surface area contributed by atoms with Crippen molar-refractivity contribution >= 4 is 5.91 Å². The van der Waals surface area contributed by atoms with Gasteiger partial charge in [0.05, 0.1) is 6.04 Å². The lowest BCUT2D eigenvalue weighted by molar-refractivity contribution is -0.131. The molecule has 0 bridgehead atoms. The molecule has 1 fully saturated rings. The molecule has 1 N–H and O–H groups in total. The monoisotopic (exact) mass is 240 g/mol. The van der Waals surface area contributed by atoms with Crippen molar-refractivity contribution in [3.05, 3.63) is 0 Å². The van der Waals surface area contributed by atoms with E-state index < -0.39 is 0 Å². The molecule has 0 radical (unpaired) electrons. The van der Waals surface area contributed by atoms with Gasteiger partial charge in [0.1, 0.15) is 0 Å². The third-order valence-corrected chi connectivity index (χ3v) is 4.14. The molecule has 0 aliphatic heterocycles. The van der Waals surface area contributed by atoms with E-state index in [1.165, 1.54) is 19.3 Å². The number of likely N-dealkylation sites (N-methyl/N-ethyl adjacent to an activating group) is 1. The molecule has 4 atom stereocenters. The van der Waals surface area contributed by atoms with Crippen LogP contribution in [0.1, 0.15) is 47.0 Å². The quantitative estimate of drug-likeness (QED) is 0.817. The Bertz CT molecular complexity index is 255. The zero-order chi connectivity index (χ0) is 13.0. The summed E-state index contributed by atoms with van der Waals surface area (Å²) < 4.78 is 0. The Morgan fingerprint density at radius 3 is 2.65 bits per heavy atom. The van der Waals surface area contributed by atoms with Crippen LogP contribution in [0.3, 0.4) is 0 Å². The maximum Gasteiger partial charge on any atom is 0.239 e. The van der Waals surface area contributed by atoms with Crippen LogP contribution in [0, 0.1) is 11.8 Å². The number of hydrogen-bond donors (Lipinski definition) is 1. The Hall–Kier alpha value is -0.570. The van der Waals surface area contributed by atoms with Crippen molar-refractivity contribution in [3.63, 3.8) is 0 Å². The van der Waals surface area contributed by atoms with Crippen LogP contribution in [-0.4, -0.2) is 36.5 Å². The second-order valence-electron chi connectivity index (χ2n) is 5.74. The summed E-state index contributed by atoms with van der Waals surface area (Å²) in [6.07, 6.45) is 3.81. The topological polar surface area (TPSA) is 32.3 Å². The lowest BCUT2D eigenvalue weighted by Crippen LogP contribution is -2.50. The first kappa shape index (κ1) is 14.5. The number of nitrogens with one attached hydrogen (secondary N) is 1. The molecule has 1 amide bonds. The maximum absolute atomic E-state index is 12.0. The fourth-order valence-electron chi connectivity index (χ4n) is 2.64. The van der Waals surface area contributed by atoms with Crippen LogP contribution in [0.4, 0.5) is 0 Å². The molecule has 0 aromatic carbocycles. The number of nitrogens with zero attached hydrogens (tertiary/aromatic N) is 1. The summed E-state index contributed by atoms with van der Waals surface area (Å²) in [5.74, 6) is 1.68. The number of amides is 1. The van der Waals surface area contributed by atoms with Crippen molar-refractivity contribution in [2.24, 2.45) is 11.8 Å². The molecule has 0 aromatic heterocycles. The molecule has 0 heterocycles. The summed E-state index contributed by atoms with van der Waals surface area (Å²) >= 11 is 0. The molecule has 0 saturated heterocycles. The molecule has 0 aromatic rings. The van der Waals surface area contributed by atoms with E-state index in [1.54, 1.807) is 4.90 Å². The van der Waals surface area contributed by atoms with Crippen LogP contribution < -0.4 is 5.32 Å². The van der Waals surface area contributed by atoms with E-state index in [-0.39, 0.29) is 11.9 Å². The number of carbonyl (C=O) groups is 1. The van der Waals surface area contributed by atoms with Gasteiger partial charge in [-0.1, -0.05) is 20.3 Å². The highest BCUT2D eigenvalue weighted by atomic mass is 16.2. The molecule has 1 aliphatic rings. The third-order valence-electron chi connectivity index (χ3n) is 4.14. The van der Waals surface area contributed by atoms with Crippen molar-refractivity contribution in [1.82, 2.24) is 10.2 Å². The van der Waals surface area contributed by atoms with E-state index in [2.05, 4.69) is 19.2 Å². The second-order valence-corrected chi connectivity index (χ2v) is 5.74. The Morgan fingerprint density at radius 2 is 2.06 bits per heavy atom. The van der Waals surface area contributed by atoms with Crippen LogP contribution in [0.15, 0.2) is 0 Å². The molecule has 3 heteroatoms. The Labute approximate surface area is 106 Å². The predicted molar refractivity (Wildman–Crippen MR) is 71.9 cm³/mol. The van der Waals surface area contributed by atoms with Crippen molar-refractivity contribution < 1.29 is 4.79 Å². The number of rotatable bonds is 4. The molecule has 100 valence electrons. The van der Waals surface area contributed by atoms with E-state index in [0.29, 0.717) is 12.0 Å². The van der Waals surface area contributed by atoms with Crippen molar-refractivity contribution in [3.8, 4) is 0 Å². The van der Waals surface area contributed by atoms with Gasteiger partial charge in [-0.15, -0.1) is 0 Å². The predicted octanol–water partition coefficient (Wildman–Crippen LogP) is 2.27. The summed E-state index contributed by atoms with van der Waals surface area (Å²) in [6, 6.07) is 0.445. The fourth-order valence-corrected chi connectivity index (χ4v) is 2.64. The fraction of sp³-hybridized carbons (Fsp3) is 0.929. The molecular formula is C14H28N2O. The Balaban J connectivity index is 2.49. The normalized spacial score (nSPS) is 31.0. The van der Waals surface area contributed by atoms with Gasteiger partial charge in [-0.3, -0.25) is 4.79 Å².